The number of hydrogen-bond acceptors (Lipinski definition) is 4. The van der Waals surface area contributed by atoms with Gasteiger partial charge in [-0.2, -0.15) is 0 Å². The summed E-state index contributed by atoms with van der Waals surface area (Å²) >= 11 is 0. The van der Waals surface area contributed by atoms with Crippen molar-refractivity contribution in [3.8, 4) is 0 Å². The van der Waals surface area contributed by atoms with Gasteiger partial charge in [-0.25, -0.2) is 0 Å². The quantitative estimate of drug-likeness (QED) is 0.720. The first-order valence-corrected chi connectivity index (χ1v) is 5.44. The number of carbonyl (C=O) groups is 1. The van der Waals surface area contributed by atoms with Crippen molar-refractivity contribution in [1.82, 2.24) is 10.1 Å². The van der Waals surface area contributed by atoms with Gasteiger partial charge in [-0.3, -0.25) is 4.79 Å². The van der Waals surface area contributed by atoms with Crippen LogP contribution in [0, 0.1) is 6.92 Å². The van der Waals surface area contributed by atoms with E-state index >= 15 is 0 Å². The molecule has 0 saturated carbocycles. The fraction of sp³-hybridized carbons (Fsp3) is 0.636. The molecule has 2 rings (SSSR count). The Morgan fingerprint density at radius 3 is 2.56 bits per heavy atom. The first-order chi connectivity index (χ1) is 7.56. The lowest BCUT2D eigenvalue weighted by Crippen LogP contribution is -2.48. The third-order valence-corrected chi connectivity index (χ3v) is 2.55. The summed E-state index contributed by atoms with van der Waals surface area (Å²) in [5.74, 6) is 0.196. The average molecular weight is 224 g/mol. The number of hydrogen-bond donors (Lipinski definition) is 0. The Balaban J connectivity index is 2.09. The molecule has 1 aromatic heterocycles. The molecule has 1 saturated heterocycles. The zero-order valence-electron chi connectivity index (χ0n) is 9.77. The van der Waals surface area contributed by atoms with Gasteiger partial charge in [0.1, 0.15) is 0 Å². The molecule has 1 aromatic rings. The van der Waals surface area contributed by atoms with E-state index in [1.807, 2.05) is 13.8 Å². The van der Waals surface area contributed by atoms with Gasteiger partial charge in [-0.15, -0.1) is 0 Å². The first-order valence-electron chi connectivity index (χ1n) is 5.44. The van der Waals surface area contributed by atoms with Gasteiger partial charge in [0.05, 0.1) is 17.9 Å². The molecule has 5 nitrogen and oxygen atoms in total. The van der Waals surface area contributed by atoms with Crippen molar-refractivity contribution in [2.45, 2.75) is 33.0 Å². The lowest BCUT2D eigenvalue weighted by atomic mass is 10.2. The van der Waals surface area contributed by atoms with Crippen LogP contribution in [-0.2, 0) is 4.74 Å². The van der Waals surface area contributed by atoms with Crippen LogP contribution < -0.4 is 0 Å². The van der Waals surface area contributed by atoms with Gasteiger partial charge in [-0.05, 0) is 20.8 Å². The smallest absolute Gasteiger partial charge is 0.292 e. The van der Waals surface area contributed by atoms with Crippen LogP contribution in [0.15, 0.2) is 10.6 Å². The maximum absolute atomic E-state index is 12.0. The highest BCUT2D eigenvalue weighted by atomic mass is 16.5. The maximum atomic E-state index is 12.0. The Morgan fingerprint density at radius 1 is 1.44 bits per heavy atom. The van der Waals surface area contributed by atoms with Crippen molar-refractivity contribution in [2.75, 3.05) is 13.1 Å². The second-order valence-corrected chi connectivity index (χ2v) is 4.30. The lowest BCUT2D eigenvalue weighted by Gasteiger charge is -2.34. The molecule has 16 heavy (non-hydrogen) atoms. The summed E-state index contributed by atoms with van der Waals surface area (Å²) in [6.45, 7) is 6.92. The van der Waals surface area contributed by atoms with Crippen LogP contribution >= 0.6 is 0 Å². The molecule has 88 valence electrons. The molecule has 1 amide bonds. The second-order valence-electron chi connectivity index (χ2n) is 4.30. The van der Waals surface area contributed by atoms with Crippen LogP contribution in [-0.4, -0.2) is 41.3 Å². The summed E-state index contributed by atoms with van der Waals surface area (Å²) < 4.78 is 10.5. The van der Waals surface area contributed by atoms with Crippen molar-refractivity contribution in [3.05, 3.63) is 17.5 Å². The van der Waals surface area contributed by atoms with E-state index in [0.29, 0.717) is 18.8 Å². The van der Waals surface area contributed by atoms with Crippen molar-refractivity contribution in [2.24, 2.45) is 0 Å². The summed E-state index contributed by atoms with van der Waals surface area (Å²) in [6.07, 6.45) is 0.133. The number of rotatable bonds is 1. The zero-order chi connectivity index (χ0) is 11.7. The third kappa shape index (κ3) is 2.24. The van der Waals surface area contributed by atoms with Crippen molar-refractivity contribution < 1.29 is 14.1 Å². The monoisotopic (exact) mass is 224 g/mol. The number of nitrogens with zero attached hydrogens (tertiary/aromatic N) is 2. The van der Waals surface area contributed by atoms with Crippen molar-refractivity contribution in [1.29, 1.82) is 0 Å². The molecule has 0 radical (unpaired) electrons. The van der Waals surface area contributed by atoms with Crippen LogP contribution in [0.3, 0.4) is 0 Å². The topological polar surface area (TPSA) is 55.6 Å². The standard InChI is InChI=1S/C11H16N2O3/c1-7-4-10(16-12-7)11(14)13-5-8(2)15-9(3)6-13/h4,8-9H,5-6H2,1-3H3/t8-,9-/m0/s1. The van der Waals surface area contributed by atoms with Gasteiger partial charge in [0.2, 0.25) is 5.76 Å². The molecular formula is C11H16N2O3. The van der Waals surface area contributed by atoms with E-state index in [4.69, 9.17) is 9.26 Å². The highest BCUT2D eigenvalue weighted by Gasteiger charge is 2.28. The zero-order valence-corrected chi connectivity index (χ0v) is 9.77. The van der Waals surface area contributed by atoms with Crippen LogP contribution in [0.5, 0.6) is 0 Å². The van der Waals surface area contributed by atoms with E-state index in [1.54, 1.807) is 17.9 Å². The summed E-state index contributed by atoms with van der Waals surface area (Å²) in [5, 5.41) is 3.72. The SMILES string of the molecule is Cc1cc(C(=O)N2C[C@H](C)O[C@@H](C)C2)on1. The minimum Gasteiger partial charge on any atom is -0.372 e. The Morgan fingerprint density at radius 2 is 2.06 bits per heavy atom. The number of morpholine rings is 1. The van der Waals surface area contributed by atoms with Crippen LogP contribution in [0.25, 0.3) is 0 Å². The molecule has 2 atom stereocenters. The highest BCUT2D eigenvalue weighted by Crippen LogP contribution is 2.14. The molecular weight excluding hydrogens is 208 g/mol. The van der Waals surface area contributed by atoms with Crippen LogP contribution in [0.2, 0.25) is 0 Å². The summed E-state index contributed by atoms with van der Waals surface area (Å²) in [4.78, 5) is 13.8. The molecule has 1 fully saturated rings. The molecule has 1 aliphatic rings. The van der Waals surface area contributed by atoms with Crippen LogP contribution in [0.1, 0.15) is 30.1 Å². The number of ether oxygens (including phenoxy) is 1. The van der Waals surface area contributed by atoms with Gasteiger partial charge in [0, 0.05) is 19.2 Å². The van der Waals surface area contributed by atoms with E-state index in [2.05, 4.69) is 5.16 Å². The van der Waals surface area contributed by atoms with E-state index in [-0.39, 0.29) is 18.1 Å². The Kier molecular flexibility index (Phi) is 2.96. The maximum Gasteiger partial charge on any atom is 0.292 e. The van der Waals surface area contributed by atoms with Gasteiger partial charge in [0.25, 0.3) is 5.91 Å². The molecule has 2 heterocycles. The molecule has 0 N–H and O–H groups in total. The van der Waals surface area contributed by atoms with E-state index in [0.717, 1.165) is 5.69 Å². The largest absolute Gasteiger partial charge is 0.372 e. The molecule has 0 aliphatic carbocycles. The predicted octanol–water partition coefficient (Wildman–Crippen LogP) is 1.23. The second kappa shape index (κ2) is 4.25. The fourth-order valence-electron chi connectivity index (χ4n) is 1.96. The van der Waals surface area contributed by atoms with Gasteiger partial charge >= 0.3 is 0 Å². The summed E-state index contributed by atoms with van der Waals surface area (Å²) in [7, 11) is 0. The lowest BCUT2D eigenvalue weighted by molar-refractivity contribution is -0.0593. The Hall–Kier alpha value is -1.36. The average Bonchev–Trinajstić information content (AvgIpc) is 2.62. The van der Waals surface area contributed by atoms with Gasteiger partial charge in [0.15, 0.2) is 0 Å². The normalized spacial score (nSPS) is 25.8. The van der Waals surface area contributed by atoms with Crippen molar-refractivity contribution >= 4 is 5.91 Å². The molecule has 0 bridgehead atoms. The molecule has 1 aliphatic heterocycles. The highest BCUT2D eigenvalue weighted by molar-refractivity contribution is 5.91. The summed E-state index contributed by atoms with van der Waals surface area (Å²) in [5.41, 5.74) is 0.720. The van der Waals surface area contributed by atoms with Gasteiger partial charge < -0.3 is 14.2 Å². The minimum atomic E-state index is -0.109. The number of aryl methyl sites for hydroxylation is 1. The third-order valence-electron chi connectivity index (χ3n) is 2.55. The predicted molar refractivity (Wildman–Crippen MR) is 57.2 cm³/mol. The van der Waals surface area contributed by atoms with Gasteiger partial charge in [-0.1, -0.05) is 5.16 Å². The van der Waals surface area contributed by atoms with E-state index in [9.17, 15) is 4.79 Å². The van der Waals surface area contributed by atoms with Crippen LogP contribution in [0.4, 0.5) is 0 Å². The Labute approximate surface area is 94.3 Å². The first kappa shape index (κ1) is 11.1. The number of aromatic nitrogens is 1. The fourth-order valence-corrected chi connectivity index (χ4v) is 1.96. The number of carbonyl (C=O) groups excluding carboxylic acids is 1. The molecule has 5 heteroatoms. The minimum absolute atomic E-state index is 0.0664. The summed E-state index contributed by atoms with van der Waals surface area (Å²) in [6, 6.07) is 1.66. The van der Waals surface area contributed by atoms with E-state index in [1.165, 1.54) is 0 Å². The molecule has 0 aromatic carbocycles. The number of amides is 1. The molecule has 0 spiro atoms. The van der Waals surface area contributed by atoms with Crippen molar-refractivity contribution in [3.63, 3.8) is 0 Å². The van der Waals surface area contributed by atoms with E-state index < -0.39 is 0 Å². The molecule has 0 unspecified atom stereocenters. The Bertz CT molecular complexity index is 378.